The van der Waals surface area contributed by atoms with E-state index in [1.165, 1.54) is 5.56 Å². The van der Waals surface area contributed by atoms with E-state index >= 15 is 0 Å². The number of halogens is 1. The molecule has 0 radical (unpaired) electrons. The number of carbonyl (C=O) groups is 1. The van der Waals surface area contributed by atoms with Crippen molar-refractivity contribution in [2.45, 2.75) is 39.4 Å². The number of nitrogens with two attached hydrogens (primary N) is 1. The van der Waals surface area contributed by atoms with Crippen molar-refractivity contribution in [3.63, 3.8) is 0 Å². The Balaban J connectivity index is 0.00000280. The topological polar surface area (TPSA) is 72.9 Å². The highest BCUT2D eigenvalue weighted by Crippen LogP contribution is 2.19. The van der Waals surface area contributed by atoms with Gasteiger partial charge >= 0.3 is 0 Å². The molecular formula is C22H27ClN4O. The molecule has 3 N–H and O–H groups in total. The van der Waals surface area contributed by atoms with Crippen molar-refractivity contribution in [3.8, 4) is 0 Å². The molecule has 0 fully saturated rings. The van der Waals surface area contributed by atoms with Crippen molar-refractivity contribution in [3.05, 3.63) is 88.7 Å². The van der Waals surface area contributed by atoms with Crippen molar-refractivity contribution in [1.82, 2.24) is 15.1 Å². The number of aryl methyl sites for hydroxylation is 1. The van der Waals surface area contributed by atoms with Gasteiger partial charge < -0.3 is 11.1 Å². The molecule has 0 spiro atoms. The number of carbonyl (C=O) groups excluding carboxylic acids is 1. The Hall–Kier alpha value is -2.63. The lowest BCUT2D eigenvalue weighted by Crippen LogP contribution is -2.48. The number of nitrogens with one attached hydrogen (secondary N) is 1. The van der Waals surface area contributed by atoms with Crippen LogP contribution in [0.25, 0.3) is 0 Å². The Morgan fingerprint density at radius 1 is 1.07 bits per heavy atom. The van der Waals surface area contributed by atoms with Crippen LogP contribution in [0.4, 0.5) is 0 Å². The van der Waals surface area contributed by atoms with E-state index in [1.54, 1.807) is 6.92 Å². The highest BCUT2D eigenvalue weighted by molar-refractivity contribution is 5.87. The minimum atomic E-state index is -1.08. The zero-order valence-electron chi connectivity index (χ0n) is 16.5. The molecule has 0 aliphatic carbocycles. The summed E-state index contributed by atoms with van der Waals surface area (Å²) in [6.07, 6.45) is 0. The largest absolute Gasteiger partial charge is 0.350 e. The first-order chi connectivity index (χ1) is 12.9. The van der Waals surface area contributed by atoms with Crippen LogP contribution in [0.2, 0.25) is 0 Å². The van der Waals surface area contributed by atoms with Gasteiger partial charge in [0, 0.05) is 17.8 Å². The van der Waals surface area contributed by atoms with Crippen molar-refractivity contribution in [2.75, 3.05) is 0 Å². The molecule has 2 aromatic carbocycles. The fourth-order valence-electron chi connectivity index (χ4n) is 3.17. The highest BCUT2D eigenvalue weighted by Gasteiger charge is 2.30. The molecule has 0 saturated heterocycles. The normalized spacial score (nSPS) is 12.7. The molecule has 0 bridgehead atoms. The maximum Gasteiger partial charge on any atom is 0.244 e. The van der Waals surface area contributed by atoms with Gasteiger partial charge in [0.05, 0.1) is 12.2 Å². The number of hydrogen-bond acceptors (Lipinski definition) is 3. The van der Waals surface area contributed by atoms with Crippen LogP contribution in [0.1, 0.15) is 35.0 Å². The molecule has 6 heteroatoms. The molecule has 1 amide bonds. The first kappa shape index (κ1) is 21.7. The Kier molecular flexibility index (Phi) is 7.00. The SMILES string of the molecule is Cc1nn(Cc2ccccc2)c(C)c1CNC(=O)C(C)(N)c1ccccc1.Cl. The molecular weight excluding hydrogens is 372 g/mol. The summed E-state index contributed by atoms with van der Waals surface area (Å²) in [7, 11) is 0. The summed E-state index contributed by atoms with van der Waals surface area (Å²) in [4.78, 5) is 12.7. The van der Waals surface area contributed by atoms with Crippen LogP contribution in [0.15, 0.2) is 60.7 Å². The summed E-state index contributed by atoms with van der Waals surface area (Å²) in [5.41, 5.74) is 10.2. The minimum absolute atomic E-state index is 0. The third-order valence-electron chi connectivity index (χ3n) is 4.98. The number of aromatic nitrogens is 2. The summed E-state index contributed by atoms with van der Waals surface area (Å²) >= 11 is 0. The van der Waals surface area contributed by atoms with Crippen molar-refractivity contribution in [2.24, 2.45) is 5.73 Å². The molecule has 3 aromatic rings. The van der Waals surface area contributed by atoms with Gasteiger partial charge in [-0.2, -0.15) is 5.10 Å². The van der Waals surface area contributed by atoms with Crippen LogP contribution in [0.3, 0.4) is 0 Å². The minimum Gasteiger partial charge on any atom is -0.350 e. The number of hydrogen-bond donors (Lipinski definition) is 2. The van der Waals surface area contributed by atoms with E-state index < -0.39 is 5.54 Å². The van der Waals surface area contributed by atoms with E-state index in [2.05, 4.69) is 22.5 Å². The summed E-state index contributed by atoms with van der Waals surface area (Å²) in [5.74, 6) is -0.205. The lowest BCUT2D eigenvalue weighted by atomic mass is 9.92. The lowest BCUT2D eigenvalue weighted by Gasteiger charge is -2.24. The summed E-state index contributed by atoms with van der Waals surface area (Å²) in [5, 5.41) is 7.62. The second kappa shape index (κ2) is 9.04. The molecule has 5 nitrogen and oxygen atoms in total. The quantitative estimate of drug-likeness (QED) is 0.667. The second-order valence-electron chi connectivity index (χ2n) is 7.04. The van der Waals surface area contributed by atoms with E-state index in [4.69, 9.17) is 5.73 Å². The third-order valence-corrected chi connectivity index (χ3v) is 4.98. The highest BCUT2D eigenvalue weighted by atomic mass is 35.5. The van der Waals surface area contributed by atoms with Gasteiger partial charge in [-0.3, -0.25) is 9.48 Å². The van der Waals surface area contributed by atoms with Gasteiger partial charge in [-0.25, -0.2) is 0 Å². The lowest BCUT2D eigenvalue weighted by molar-refractivity contribution is -0.126. The third kappa shape index (κ3) is 4.61. The van der Waals surface area contributed by atoms with Crippen LogP contribution in [0, 0.1) is 13.8 Å². The van der Waals surface area contributed by atoms with Gasteiger partial charge in [0.2, 0.25) is 5.91 Å². The van der Waals surface area contributed by atoms with Crippen LogP contribution < -0.4 is 11.1 Å². The number of amides is 1. The molecule has 1 unspecified atom stereocenters. The molecule has 1 heterocycles. The van der Waals surface area contributed by atoms with Crippen molar-refractivity contribution >= 4 is 18.3 Å². The zero-order chi connectivity index (χ0) is 19.4. The maximum absolute atomic E-state index is 12.7. The molecule has 1 atom stereocenters. The van der Waals surface area contributed by atoms with E-state index in [-0.39, 0.29) is 18.3 Å². The van der Waals surface area contributed by atoms with Crippen LogP contribution in [0.5, 0.6) is 0 Å². The van der Waals surface area contributed by atoms with Gasteiger partial charge in [0.15, 0.2) is 0 Å². The predicted octanol–water partition coefficient (Wildman–Crippen LogP) is 3.46. The zero-order valence-corrected chi connectivity index (χ0v) is 17.3. The summed E-state index contributed by atoms with van der Waals surface area (Å²) in [6, 6.07) is 19.6. The maximum atomic E-state index is 12.7. The number of benzene rings is 2. The molecule has 148 valence electrons. The van der Waals surface area contributed by atoms with Gasteiger partial charge in [0.25, 0.3) is 0 Å². The summed E-state index contributed by atoms with van der Waals surface area (Å²) < 4.78 is 1.98. The molecule has 3 rings (SSSR count). The van der Waals surface area contributed by atoms with E-state index in [0.717, 1.165) is 22.5 Å². The van der Waals surface area contributed by atoms with Crippen LogP contribution in [-0.4, -0.2) is 15.7 Å². The average Bonchev–Trinajstić information content (AvgIpc) is 2.94. The Morgan fingerprint density at radius 2 is 1.64 bits per heavy atom. The first-order valence-electron chi connectivity index (χ1n) is 9.09. The van der Waals surface area contributed by atoms with E-state index in [1.807, 2.05) is 67.1 Å². The van der Waals surface area contributed by atoms with Crippen LogP contribution in [-0.2, 0) is 23.4 Å². The first-order valence-corrected chi connectivity index (χ1v) is 9.09. The number of rotatable bonds is 6. The Morgan fingerprint density at radius 3 is 2.25 bits per heavy atom. The second-order valence-corrected chi connectivity index (χ2v) is 7.04. The monoisotopic (exact) mass is 398 g/mol. The average molecular weight is 399 g/mol. The van der Waals surface area contributed by atoms with Gasteiger partial charge in [-0.15, -0.1) is 12.4 Å². The Labute approximate surface area is 172 Å². The molecule has 0 aliphatic rings. The van der Waals surface area contributed by atoms with Gasteiger partial charge in [-0.05, 0) is 31.9 Å². The smallest absolute Gasteiger partial charge is 0.244 e. The molecule has 1 aromatic heterocycles. The fourth-order valence-corrected chi connectivity index (χ4v) is 3.17. The van der Waals surface area contributed by atoms with E-state index in [9.17, 15) is 4.79 Å². The molecule has 28 heavy (non-hydrogen) atoms. The molecule has 0 saturated carbocycles. The van der Waals surface area contributed by atoms with Gasteiger partial charge in [-0.1, -0.05) is 60.7 Å². The molecule has 0 aliphatic heterocycles. The summed E-state index contributed by atoms with van der Waals surface area (Å²) in [6.45, 7) is 6.85. The predicted molar refractivity (Wildman–Crippen MR) is 114 cm³/mol. The van der Waals surface area contributed by atoms with E-state index in [0.29, 0.717) is 13.1 Å². The fraction of sp³-hybridized carbons (Fsp3) is 0.273. The Bertz CT molecular complexity index is 920. The van der Waals surface area contributed by atoms with Gasteiger partial charge in [0.1, 0.15) is 5.54 Å². The number of nitrogens with zero attached hydrogens (tertiary/aromatic N) is 2. The van der Waals surface area contributed by atoms with Crippen molar-refractivity contribution < 1.29 is 4.79 Å². The van der Waals surface area contributed by atoms with Crippen molar-refractivity contribution in [1.29, 1.82) is 0 Å². The van der Waals surface area contributed by atoms with Crippen LogP contribution >= 0.6 is 12.4 Å². The standard InChI is InChI=1S/C22H26N4O.ClH/c1-16-20(17(2)26(25-16)15-18-10-6-4-7-11-18)14-24-21(27)22(3,23)19-12-8-5-9-13-19;/h4-13H,14-15,23H2,1-3H3,(H,24,27);1H.